The number of aromatic nitrogens is 2. The van der Waals surface area contributed by atoms with Crippen molar-refractivity contribution in [3.63, 3.8) is 0 Å². The highest BCUT2D eigenvalue weighted by atomic mass is 32.1. The molecule has 0 atom stereocenters. The van der Waals surface area contributed by atoms with Gasteiger partial charge in [0.15, 0.2) is 6.61 Å². The first-order valence-electron chi connectivity index (χ1n) is 10.1. The molecule has 0 saturated carbocycles. The number of hydrogen-bond donors (Lipinski definition) is 2. The summed E-state index contributed by atoms with van der Waals surface area (Å²) in [5.41, 5.74) is 1.92. The number of aryl methyl sites for hydroxylation is 1. The van der Waals surface area contributed by atoms with Crippen molar-refractivity contribution in [3.05, 3.63) is 52.5 Å². The number of fused-ring (bicyclic) bond motifs is 1. The lowest BCUT2D eigenvalue weighted by atomic mass is 10.1. The van der Waals surface area contributed by atoms with Gasteiger partial charge in [0, 0.05) is 11.9 Å². The van der Waals surface area contributed by atoms with Crippen LogP contribution in [0, 0.1) is 12.8 Å². The molecule has 1 aromatic carbocycles. The number of amides is 3. The number of ether oxygens (including phenoxy) is 1. The van der Waals surface area contributed by atoms with Crippen LogP contribution in [0.5, 0.6) is 0 Å². The van der Waals surface area contributed by atoms with Crippen molar-refractivity contribution in [2.45, 2.75) is 33.7 Å². The van der Waals surface area contributed by atoms with E-state index in [1.807, 2.05) is 55.8 Å². The number of benzene rings is 1. The van der Waals surface area contributed by atoms with Crippen molar-refractivity contribution < 1.29 is 19.1 Å². The third-order valence-corrected chi connectivity index (χ3v) is 5.71. The quantitative estimate of drug-likeness (QED) is 0.520. The lowest BCUT2D eigenvalue weighted by Crippen LogP contribution is -2.41. The zero-order chi connectivity index (χ0) is 22.4. The van der Waals surface area contributed by atoms with Gasteiger partial charge in [0.25, 0.3) is 5.91 Å². The fourth-order valence-corrected chi connectivity index (χ4v) is 4.01. The van der Waals surface area contributed by atoms with Crippen LogP contribution in [0.1, 0.15) is 41.2 Å². The Bertz CT molecular complexity index is 1070. The second kappa shape index (κ2) is 10.2. The minimum absolute atomic E-state index is 0.381. The van der Waals surface area contributed by atoms with Crippen molar-refractivity contribution in [2.24, 2.45) is 5.92 Å². The van der Waals surface area contributed by atoms with Gasteiger partial charge in [-0.15, -0.1) is 11.3 Å². The number of carbonyl (C=O) groups is 3. The predicted molar refractivity (Wildman–Crippen MR) is 119 cm³/mol. The Balaban J connectivity index is 1.57. The van der Waals surface area contributed by atoms with Crippen molar-refractivity contribution in [3.8, 4) is 0 Å². The molecule has 2 aromatic heterocycles. The van der Waals surface area contributed by atoms with Crippen molar-refractivity contribution >= 4 is 39.5 Å². The van der Waals surface area contributed by atoms with Gasteiger partial charge in [-0.3, -0.25) is 14.8 Å². The molecule has 3 rings (SSSR count). The maximum absolute atomic E-state index is 12.4. The van der Waals surface area contributed by atoms with Gasteiger partial charge in [-0.1, -0.05) is 44.2 Å². The van der Waals surface area contributed by atoms with Gasteiger partial charge in [-0.25, -0.2) is 9.59 Å². The van der Waals surface area contributed by atoms with Gasteiger partial charge >= 0.3 is 12.0 Å². The molecule has 0 bridgehead atoms. The normalized spacial score (nSPS) is 11.0. The van der Waals surface area contributed by atoms with Crippen LogP contribution in [0.2, 0.25) is 0 Å². The van der Waals surface area contributed by atoms with Crippen LogP contribution in [0.3, 0.4) is 0 Å². The summed E-state index contributed by atoms with van der Waals surface area (Å²) in [7, 11) is 0. The highest BCUT2D eigenvalue weighted by Crippen LogP contribution is 2.29. The summed E-state index contributed by atoms with van der Waals surface area (Å²) < 4.78 is 6.94. The third kappa shape index (κ3) is 6.14. The van der Waals surface area contributed by atoms with Gasteiger partial charge in [0.2, 0.25) is 0 Å². The molecule has 9 heteroatoms. The summed E-state index contributed by atoms with van der Waals surface area (Å²) in [4.78, 5) is 37.2. The Morgan fingerprint density at radius 3 is 2.65 bits per heavy atom. The first-order chi connectivity index (χ1) is 14.8. The smallest absolute Gasteiger partial charge is 0.348 e. The Labute approximate surface area is 184 Å². The summed E-state index contributed by atoms with van der Waals surface area (Å²) >= 11 is 1.27. The summed E-state index contributed by atoms with van der Waals surface area (Å²) in [5.74, 6) is -0.841. The molecule has 8 nitrogen and oxygen atoms in total. The van der Waals surface area contributed by atoms with Gasteiger partial charge in [-0.2, -0.15) is 5.10 Å². The highest BCUT2D eigenvalue weighted by Gasteiger charge is 2.19. The van der Waals surface area contributed by atoms with Gasteiger partial charge in [0.1, 0.15) is 9.71 Å². The van der Waals surface area contributed by atoms with Crippen LogP contribution in [0.25, 0.3) is 10.2 Å². The fourth-order valence-electron chi connectivity index (χ4n) is 2.96. The van der Waals surface area contributed by atoms with E-state index in [2.05, 4.69) is 15.7 Å². The molecule has 0 unspecified atom stereocenters. The Morgan fingerprint density at radius 2 is 1.94 bits per heavy atom. The summed E-state index contributed by atoms with van der Waals surface area (Å²) in [5, 5.41) is 10.2. The molecule has 0 aliphatic carbocycles. The molecule has 0 saturated heterocycles. The number of rotatable bonds is 8. The number of imide groups is 1. The number of thiophene rings is 1. The monoisotopic (exact) mass is 442 g/mol. The molecule has 2 N–H and O–H groups in total. The van der Waals surface area contributed by atoms with Crippen molar-refractivity contribution in [1.29, 1.82) is 0 Å². The van der Waals surface area contributed by atoms with Crippen molar-refractivity contribution in [2.75, 3.05) is 13.2 Å². The largest absolute Gasteiger partial charge is 0.451 e. The van der Waals surface area contributed by atoms with E-state index in [1.54, 1.807) is 6.07 Å². The summed E-state index contributed by atoms with van der Waals surface area (Å²) in [6, 6.07) is 11.1. The zero-order valence-corrected chi connectivity index (χ0v) is 18.6. The van der Waals surface area contributed by atoms with Gasteiger partial charge in [0.05, 0.1) is 12.2 Å². The lowest BCUT2D eigenvalue weighted by Gasteiger charge is -2.08. The van der Waals surface area contributed by atoms with E-state index in [-0.39, 0.29) is 0 Å². The number of nitrogens with one attached hydrogen (secondary N) is 2. The molecule has 2 heterocycles. The lowest BCUT2D eigenvalue weighted by molar-refractivity contribution is -0.123. The number of carbonyl (C=O) groups excluding carboxylic acids is 3. The second-order valence-electron chi connectivity index (χ2n) is 7.62. The molecular formula is C22H26N4O4S. The fraction of sp³-hybridized carbons (Fsp3) is 0.364. The van der Waals surface area contributed by atoms with E-state index in [9.17, 15) is 14.4 Å². The van der Waals surface area contributed by atoms with Crippen LogP contribution >= 0.6 is 11.3 Å². The maximum Gasteiger partial charge on any atom is 0.348 e. The minimum atomic E-state index is -0.678. The van der Waals surface area contributed by atoms with Gasteiger partial charge in [-0.05, 0) is 30.9 Å². The maximum atomic E-state index is 12.4. The number of urea groups is 1. The number of esters is 1. The molecule has 0 spiro atoms. The van der Waals surface area contributed by atoms with Crippen LogP contribution in [0.4, 0.5) is 4.79 Å². The van der Waals surface area contributed by atoms with Crippen LogP contribution in [-0.4, -0.2) is 40.8 Å². The first kappa shape index (κ1) is 22.5. The Kier molecular flexibility index (Phi) is 7.41. The molecule has 0 fully saturated rings. The molecule has 0 aliphatic rings. The average molecular weight is 443 g/mol. The predicted octanol–water partition coefficient (Wildman–Crippen LogP) is 3.48. The number of hydrogen-bond acceptors (Lipinski definition) is 6. The van der Waals surface area contributed by atoms with Crippen LogP contribution in [-0.2, 0) is 16.1 Å². The molecule has 3 amide bonds. The molecule has 0 radical (unpaired) electrons. The van der Waals surface area contributed by atoms with E-state index in [4.69, 9.17) is 4.74 Å². The zero-order valence-electron chi connectivity index (χ0n) is 17.8. The molecule has 0 aliphatic heterocycles. The first-order valence-corrected chi connectivity index (χ1v) is 10.9. The molecular weight excluding hydrogens is 416 g/mol. The summed E-state index contributed by atoms with van der Waals surface area (Å²) in [6.45, 7) is 6.50. The molecule has 31 heavy (non-hydrogen) atoms. The van der Waals surface area contributed by atoms with E-state index < -0.39 is 24.5 Å². The van der Waals surface area contributed by atoms with E-state index in [0.717, 1.165) is 27.9 Å². The van der Waals surface area contributed by atoms with Crippen LogP contribution in [0.15, 0.2) is 36.4 Å². The average Bonchev–Trinajstić information content (AvgIpc) is 3.28. The highest BCUT2D eigenvalue weighted by molar-refractivity contribution is 7.20. The van der Waals surface area contributed by atoms with Crippen LogP contribution < -0.4 is 10.6 Å². The topological polar surface area (TPSA) is 102 Å². The third-order valence-electron chi connectivity index (χ3n) is 4.58. The Morgan fingerprint density at radius 1 is 1.19 bits per heavy atom. The second-order valence-corrected chi connectivity index (χ2v) is 8.65. The number of nitrogens with zero attached hydrogens (tertiary/aromatic N) is 2. The SMILES string of the molecule is Cc1nn(Cc2ccccc2)c2sc(C(=O)OCC(=O)NC(=O)NCCC(C)C)cc12. The standard InChI is InChI=1S/C22H26N4O4S/c1-14(2)9-10-23-22(29)24-19(27)13-30-21(28)18-11-17-15(3)25-26(20(17)31-18)12-16-7-5-4-6-8-16/h4-8,11,14H,9-10,12-13H2,1-3H3,(H2,23,24,27,29). The molecule has 3 aromatic rings. The minimum Gasteiger partial charge on any atom is -0.451 e. The van der Waals surface area contributed by atoms with E-state index >= 15 is 0 Å². The van der Waals surface area contributed by atoms with E-state index in [1.165, 1.54) is 11.3 Å². The Hall–Kier alpha value is -3.20. The van der Waals surface area contributed by atoms with Gasteiger partial charge < -0.3 is 10.1 Å². The van der Waals surface area contributed by atoms with Crippen molar-refractivity contribution in [1.82, 2.24) is 20.4 Å². The molecule has 164 valence electrons. The van der Waals surface area contributed by atoms with E-state index in [0.29, 0.717) is 23.9 Å². The summed E-state index contributed by atoms with van der Waals surface area (Å²) in [6.07, 6.45) is 0.809.